The number of rotatable bonds is 5. The van der Waals surface area contributed by atoms with Crippen molar-refractivity contribution in [2.75, 3.05) is 0 Å². The molecule has 0 aliphatic rings. The fourth-order valence-electron chi connectivity index (χ4n) is 8.32. The summed E-state index contributed by atoms with van der Waals surface area (Å²) >= 11 is 0. The van der Waals surface area contributed by atoms with Gasteiger partial charge in [0.2, 0.25) is 0 Å². The molecule has 4 nitrogen and oxygen atoms in total. The first-order chi connectivity index (χ1) is 27.7. The zero-order chi connectivity index (χ0) is 37.0. The monoisotopic (exact) mass is 712 g/mol. The molecule has 0 unspecified atom stereocenters. The third-order valence-corrected chi connectivity index (χ3v) is 10.9. The summed E-state index contributed by atoms with van der Waals surface area (Å²) in [4.78, 5) is 20.5. The maximum atomic E-state index is 5.31. The van der Waals surface area contributed by atoms with Crippen LogP contribution in [0.2, 0.25) is 0 Å². The molecule has 0 fully saturated rings. The first-order valence-corrected chi connectivity index (χ1v) is 18.9. The van der Waals surface area contributed by atoms with Crippen LogP contribution in [0, 0.1) is 0 Å². The molecule has 0 bridgehead atoms. The maximum absolute atomic E-state index is 5.31. The van der Waals surface area contributed by atoms with Gasteiger partial charge in [-0.2, -0.15) is 0 Å². The number of nitrogens with zero attached hydrogens (tertiary/aromatic N) is 4. The molecule has 0 radical (unpaired) electrons. The van der Waals surface area contributed by atoms with Crippen molar-refractivity contribution in [1.82, 2.24) is 19.9 Å². The van der Waals surface area contributed by atoms with E-state index in [1.54, 1.807) is 0 Å². The van der Waals surface area contributed by atoms with Crippen molar-refractivity contribution in [3.05, 3.63) is 194 Å². The van der Waals surface area contributed by atoms with Crippen LogP contribution >= 0.6 is 0 Å². The molecule has 0 saturated carbocycles. The minimum atomic E-state index is 0.580. The fraction of sp³-hybridized carbons (Fsp3) is 0. The Morgan fingerprint density at radius 1 is 0.286 bits per heavy atom. The van der Waals surface area contributed by atoms with Crippen LogP contribution in [-0.4, -0.2) is 19.9 Å². The minimum absolute atomic E-state index is 0.580. The van der Waals surface area contributed by atoms with Gasteiger partial charge in [-0.1, -0.05) is 146 Å². The number of benzene rings is 9. The third-order valence-electron chi connectivity index (χ3n) is 10.9. The van der Waals surface area contributed by atoms with Gasteiger partial charge >= 0.3 is 0 Å². The van der Waals surface area contributed by atoms with E-state index in [-0.39, 0.29) is 0 Å². The van der Waals surface area contributed by atoms with Gasteiger partial charge in [-0.15, -0.1) is 0 Å². The molecule has 4 heteroatoms. The number of para-hydroxylation sites is 1. The van der Waals surface area contributed by atoms with E-state index < -0.39 is 0 Å². The summed E-state index contributed by atoms with van der Waals surface area (Å²) in [5, 5.41) is 10.6. The molecule has 0 saturated heterocycles. The average molecular weight is 713 g/mol. The molecule has 11 aromatic rings. The highest BCUT2D eigenvalue weighted by molar-refractivity contribution is 6.16. The zero-order valence-electron chi connectivity index (χ0n) is 30.3. The highest BCUT2D eigenvalue weighted by Crippen LogP contribution is 2.43. The average Bonchev–Trinajstić information content (AvgIpc) is 3.27. The second-order valence-electron chi connectivity index (χ2n) is 14.2. The lowest BCUT2D eigenvalue weighted by Crippen LogP contribution is -2.01. The van der Waals surface area contributed by atoms with Crippen molar-refractivity contribution >= 4 is 54.0 Å². The Kier molecular flexibility index (Phi) is 7.46. The zero-order valence-corrected chi connectivity index (χ0v) is 30.3. The molecule has 0 atom stereocenters. The van der Waals surface area contributed by atoms with Crippen LogP contribution in [0.15, 0.2) is 194 Å². The SMILES string of the molecule is c1ccc(-c2nc(-c3cc(-c4c5ccccc5cc5ccccc45)cc(-c4c5ccccc5cc5ccccc45)c3)nc(-c3cccc4cccnc34)n2)cc1. The van der Waals surface area contributed by atoms with Crippen LogP contribution in [0.5, 0.6) is 0 Å². The lowest BCUT2D eigenvalue weighted by molar-refractivity contribution is 1.07. The molecule has 0 aliphatic heterocycles. The number of hydrogen-bond acceptors (Lipinski definition) is 4. The Morgan fingerprint density at radius 2 is 0.714 bits per heavy atom. The van der Waals surface area contributed by atoms with E-state index in [1.165, 1.54) is 54.2 Å². The van der Waals surface area contributed by atoms with Crippen molar-refractivity contribution in [2.24, 2.45) is 0 Å². The summed E-state index contributed by atoms with van der Waals surface area (Å²) in [6.45, 7) is 0. The van der Waals surface area contributed by atoms with Crippen LogP contribution < -0.4 is 0 Å². The molecular formula is C52H32N4. The fourth-order valence-corrected chi connectivity index (χ4v) is 8.32. The van der Waals surface area contributed by atoms with Gasteiger partial charge in [0.1, 0.15) is 0 Å². The number of aromatic nitrogens is 4. The Bertz CT molecular complexity index is 3070. The van der Waals surface area contributed by atoms with Gasteiger partial charge in [0.15, 0.2) is 17.5 Å². The summed E-state index contributed by atoms with van der Waals surface area (Å²) in [6, 6.07) is 66.6. The number of hydrogen-bond donors (Lipinski definition) is 0. The van der Waals surface area contributed by atoms with Crippen molar-refractivity contribution in [1.29, 1.82) is 0 Å². The lowest BCUT2D eigenvalue weighted by Gasteiger charge is -2.18. The predicted octanol–water partition coefficient (Wildman–Crippen LogP) is 13.4. The molecule has 0 amide bonds. The van der Waals surface area contributed by atoms with E-state index in [0.29, 0.717) is 17.5 Å². The van der Waals surface area contributed by atoms with Crippen LogP contribution in [0.4, 0.5) is 0 Å². The Labute approximate surface area is 323 Å². The largest absolute Gasteiger partial charge is 0.255 e. The van der Waals surface area contributed by atoms with Crippen LogP contribution in [0.3, 0.4) is 0 Å². The summed E-state index contributed by atoms with van der Waals surface area (Å²) in [5.74, 6) is 1.78. The molecule has 56 heavy (non-hydrogen) atoms. The third kappa shape index (κ3) is 5.39. The van der Waals surface area contributed by atoms with Crippen molar-refractivity contribution in [3.8, 4) is 56.4 Å². The topological polar surface area (TPSA) is 51.6 Å². The molecule has 9 aromatic carbocycles. The molecule has 11 rings (SSSR count). The van der Waals surface area contributed by atoms with Gasteiger partial charge in [-0.05, 0) is 108 Å². The van der Waals surface area contributed by atoms with Crippen molar-refractivity contribution < 1.29 is 0 Å². The molecule has 0 spiro atoms. The van der Waals surface area contributed by atoms with Crippen LogP contribution in [-0.2, 0) is 0 Å². The van der Waals surface area contributed by atoms with Gasteiger partial charge in [-0.25, -0.2) is 15.0 Å². The summed E-state index contributed by atoms with van der Waals surface area (Å²) in [7, 11) is 0. The maximum Gasteiger partial charge on any atom is 0.166 e. The number of fused-ring (bicyclic) bond motifs is 5. The van der Waals surface area contributed by atoms with E-state index >= 15 is 0 Å². The Hall–Kier alpha value is -7.56. The van der Waals surface area contributed by atoms with Gasteiger partial charge in [0, 0.05) is 28.3 Å². The molecule has 0 N–H and O–H groups in total. The predicted molar refractivity (Wildman–Crippen MR) is 232 cm³/mol. The van der Waals surface area contributed by atoms with Crippen LogP contribution in [0.1, 0.15) is 0 Å². The normalized spacial score (nSPS) is 11.6. The Morgan fingerprint density at radius 3 is 1.27 bits per heavy atom. The standard InChI is InChI=1S/C52H32N4/c1-2-14-34(15-3-1)50-54-51(56-52(55-50)46-26-12-20-33-21-13-27-53-49(33)46)41-31-39(47-42-22-8-4-16-35(42)28-36-17-5-9-23-43(36)47)30-40(32-41)48-44-24-10-6-18-37(44)29-38-19-7-11-25-45(38)48/h1-32H. The number of pyridine rings is 1. The minimum Gasteiger partial charge on any atom is -0.255 e. The lowest BCUT2D eigenvalue weighted by atomic mass is 9.87. The van der Waals surface area contributed by atoms with E-state index in [0.717, 1.165) is 38.7 Å². The second-order valence-corrected chi connectivity index (χ2v) is 14.2. The summed E-state index contributed by atoms with van der Waals surface area (Å²) in [6.07, 6.45) is 1.82. The molecular weight excluding hydrogens is 681 g/mol. The van der Waals surface area contributed by atoms with E-state index in [1.807, 2.05) is 36.5 Å². The highest BCUT2D eigenvalue weighted by Gasteiger charge is 2.20. The summed E-state index contributed by atoms with van der Waals surface area (Å²) < 4.78 is 0. The van der Waals surface area contributed by atoms with E-state index in [2.05, 4.69) is 158 Å². The first-order valence-electron chi connectivity index (χ1n) is 18.9. The smallest absolute Gasteiger partial charge is 0.166 e. The van der Waals surface area contributed by atoms with Crippen molar-refractivity contribution in [2.45, 2.75) is 0 Å². The van der Waals surface area contributed by atoms with E-state index in [4.69, 9.17) is 19.9 Å². The highest BCUT2D eigenvalue weighted by atomic mass is 15.0. The van der Waals surface area contributed by atoms with Crippen LogP contribution in [0.25, 0.3) is 110 Å². The van der Waals surface area contributed by atoms with Gasteiger partial charge < -0.3 is 0 Å². The quantitative estimate of drug-likeness (QED) is 0.167. The Balaban J connectivity index is 1.26. The summed E-state index contributed by atoms with van der Waals surface area (Å²) in [5.41, 5.74) is 8.09. The molecule has 2 aromatic heterocycles. The van der Waals surface area contributed by atoms with Gasteiger partial charge in [-0.3, -0.25) is 4.98 Å². The molecule has 260 valence electrons. The molecule has 2 heterocycles. The van der Waals surface area contributed by atoms with Gasteiger partial charge in [0.05, 0.1) is 5.52 Å². The second kappa shape index (κ2) is 13.1. The van der Waals surface area contributed by atoms with Crippen molar-refractivity contribution in [3.63, 3.8) is 0 Å². The van der Waals surface area contributed by atoms with E-state index in [9.17, 15) is 0 Å². The van der Waals surface area contributed by atoms with Gasteiger partial charge in [0.25, 0.3) is 0 Å². The first kappa shape index (κ1) is 31.9. The molecule has 0 aliphatic carbocycles.